The molecular weight excluding hydrogens is 194 g/mol. The first kappa shape index (κ1) is 12.4. The second-order valence-corrected chi connectivity index (χ2v) is 5.81. The van der Waals surface area contributed by atoms with E-state index in [-0.39, 0.29) is 0 Å². The summed E-state index contributed by atoms with van der Waals surface area (Å²) in [6.45, 7) is 4.97. The number of rotatable bonds is 3. The summed E-state index contributed by atoms with van der Waals surface area (Å²) in [5, 5.41) is 8.75. The summed E-state index contributed by atoms with van der Waals surface area (Å²) >= 11 is 0. The van der Waals surface area contributed by atoms with Crippen molar-refractivity contribution in [2.75, 3.05) is 6.26 Å². The van der Waals surface area contributed by atoms with Gasteiger partial charge in [-0.15, -0.1) is 0 Å². The van der Waals surface area contributed by atoms with Gasteiger partial charge < -0.3 is 5.11 Å². The Bertz CT molecular complexity index is 288. The van der Waals surface area contributed by atoms with Gasteiger partial charge in [0.1, 0.15) is 6.04 Å². The standard InChI is InChI=1S/C7H15NO4S/c1-7(2,3)5(6(9)10)8-13(4,11)12/h5,8H,1-4H3,(H,9,10). The van der Waals surface area contributed by atoms with E-state index in [0.717, 1.165) is 6.26 Å². The van der Waals surface area contributed by atoms with E-state index in [1.807, 2.05) is 0 Å². The van der Waals surface area contributed by atoms with Crippen molar-refractivity contribution < 1.29 is 18.3 Å². The molecule has 6 heteroatoms. The molecule has 0 saturated heterocycles. The quantitative estimate of drug-likeness (QED) is 0.687. The first-order chi connectivity index (χ1) is 5.54. The Kier molecular flexibility index (Phi) is 3.46. The van der Waals surface area contributed by atoms with E-state index in [1.54, 1.807) is 20.8 Å². The van der Waals surface area contributed by atoms with E-state index < -0.39 is 27.4 Å². The van der Waals surface area contributed by atoms with E-state index in [2.05, 4.69) is 4.72 Å². The van der Waals surface area contributed by atoms with Crippen LogP contribution in [-0.4, -0.2) is 31.8 Å². The number of hydrogen-bond donors (Lipinski definition) is 2. The van der Waals surface area contributed by atoms with Crippen LogP contribution in [0.2, 0.25) is 0 Å². The lowest BCUT2D eigenvalue weighted by Crippen LogP contribution is -2.48. The van der Waals surface area contributed by atoms with Gasteiger partial charge in [0.25, 0.3) is 0 Å². The zero-order valence-electron chi connectivity index (χ0n) is 8.16. The highest BCUT2D eigenvalue weighted by Crippen LogP contribution is 2.19. The first-order valence-corrected chi connectivity index (χ1v) is 5.63. The van der Waals surface area contributed by atoms with Crippen LogP contribution in [0.5, 0.6) is 0 Å². The molecule has 13 heavy (non-hydrogen) atoms. The average Bonchev–Trinajstić information content (AvgIpc) is 1.77. The summed E-state index contributed by atoms with van der Waals surface area (Å²) in [5.74, 6) is -1.17. The maximum absolute atomic E-state index is 10.8. The summed E-state index contributed by atoms with van der Waals surface area (Å²) in [6, 6.07) is -1.09. The highest BCUT2D eigenvalue weighted by Gasteiger charge is 2.33. The molecule has 1 unspecified atom stereocenters. The number of carboxylic acids is 1. The Labute approximate surface area is 78.2 Å². The van der Waals surface area contributed by atoms with Crippen LogP contribution in [0.3, 0.4) is 0 Å². The minimum atomic E-state index is -3.48. The van der Waals surface area contributed by atoms with Crippen molar-refractivity contribution in [3.8, 4) is 0 Å². The number of nitrogens with one attached hydrogen (secondary N) is 1. The molecule has 0 aromatic rings. The van der Waals surface area contributed by atoms with Crippen molar-refractivity contribution >= 4 is 16.0 Å². The molecule has 0 aliphatic carbocycles. The molecule has 0 heterocycles. The van der Waals surface area contributed by atoms with Crippen LogP contribution in [0, 0.1) is 5.41 Å². The van der Waals surface area contributed by atoms with Crippen molar-refractivity contribution in [2.45, 2.75) is 26.8 Å². The second-order valence-electron chi connectivity index (χ2n) is 4.03. The van der Waals surface area contributed by atoms with Gasteiger partial charge in [0.05, 0.1) is 6.26 Å². The minimum Gasteiger partial charge on any atom is -0.480 e. The van der Waals surface area contributed by atoms with Gasteiger partial charge in [-0.25, -0.2) is 13.1 Å². The zero-order chi connectivity index (χ0) is 10.9. The van der Waals surface area contributed by atoms with Gasteiger partial charge in [0, 0.05) is 0 Å². The van der Waals surface area contributed by atoms with Crippen LogP contribution < -0.4 is 4.72 Å². The molecule has 0 spiro atoms. The van der Waals surface area contributed by atoms with Gasteiger partial charge in [-0.05, 0) is 5.41 Å². The number of aliphatic carboxylic acids is 1. The summed E-state index contributed by atoms with van der Waals surface area (Å²) in [6.07, 6.45) is 0.939. The summed E-state index contributed by atoms with van der Waals surface area (Å²) in [4.78, 5) is 10.7. The fourth-order valence-electron chi connectivity index (χ4n) is 0.812. The molecule has 1 atom stereocenters. The molecule has 0 rings (SSSR count). The summed E-state index contributed by atoms with van der Waals surface area (Å²) in [7, 11) is -3.48. The first-order valence-electron chi connectivity index (χ1n) is 3.74. The van der Waals surface area contributed by atoms with Gasteiger partial charge in [-0.1, -0.05) is 20.8 Å². The topological polar surface area (TPSA) is 83.5 Å². The Morgan fingerprint density at radius 3 is 1.85 bits per heavy atom. The Hall–Kier alpha value is -0.620. The maximum atomic E-state index is 10.8. The van der Waals surface area contributed by atoms with Crippen molar-refractivity contribution in [2.24, 2.45) is 5.41 Å². The van der Waals surface area contributed by atoms with Crippen LogP contribution in [0.4, 0.5) is 0 Å². The lowest BCUT2D eigenvalue weighted by atomic mass is 9.88. The molecule has 0 amide bonds. The van der Waals surface area contributed by atoms with Gasteiger partial charge in [0.15, 0.2) is 0 Å². The highest BCUT2D eigenvalue weighted by molar-refractivity contribution is 7.88. The number of carbonyl (C=O) groups is 1. The van der Waals surface area contributed by atoms with Gasteiger partial charge in [-0.3, -0.25) is 4.79 Å². The van der Waals surface area contributed by atoms with Crippen molar-refractivity contribution in [1.29, 1.82) is 0 Å². The Morgan fingerprint density at radius 2 is 1.77 bits per heavy atom. The van der Waals surface area contributed by atoms with Crippen LogP contribution >= 0.6 is 0 Å². The monoisotopic (exact) mass is 209 g/mol. The normalized spacial score (nSPS) is 15.4. The largest absolute Gasteiger partial charge is 0.480 e. The smallest absolute Gasteiger partial charge is 0.322 e. The highest BCUT2D eigenvalue weighted by atomic mass is 32.2. The Balaban J connectivity index is 4.77. The number of hydrogen-bond acceptors (Lipinski definition) is 3. The van der Waals surface area contributed by atoms with Crippen LogP contribution in [-0.2, 0) is 14.8 Å². The molecule has 0 aliphatic heterocycles. The molecule has 0 saturated carbocycles. The lowest BCUT2D eigenvalue weighted by molar-refractivity contribution is -0.141. The van der Waals surface area contributed by atoms with E-state index in [9.17, 15) is 13.2 Å². The molecule has 5 nitrogen and oxygen atoms in total. The molecule has 78 valence electrons. The fraction of sp³-hybridized carbons (Fsp3) is 0.857. The van der Waals surface area contributed by atoms with E-state index in [0.29, 0.717) is 0 Å². The third kappa shape index (κ3) is 4.84. The number of carboxylic acid groups (broad SMARTS) is 1. The second kappa shape index (κ2) is 3.63. The van der Waals surface area contributed by atoms with Crippen molar-refractivity contribution in [3.05, 3.63) is 0 Å². The minimum absolute atomic E-state index is 0.644. The molecule has 2 N–H and O–H groups in total. The van der Waals surface area contributed by atoms with E-state index in [1.165, 1.54) is 0 Å². The SMILES string of the molecule is CC(C)(C)C(NS(C)(=O)=O)C(=O)O. The van der Waals surface area contributed by atoms with Gasteiger partial charge in [0.2, 0.25) is 10.0 Å². The molecule has 0 fully saturated rings. The molecule has 0 aromatic heterocycles. The third-order valence-electron chi connectivity index (χ3n) is 1.44. The molecular formula is C7H15NO4S. The van der Waals surface area contributed by atoms with Gasteiger partial charge >= 0.3 is 5.97 Å². The summed E-state index contributed by atoms with van der Waals surface area (Å²) < 4.78 is 23.7. The summed E-state index contributed by atoms with van der Waals surface area (Å²) in [5.41, 5.74) is -0.644. The van der Waals surface area contributed by atoms with Crippen molar-refractivity contribution in [3.63, 3.8) is 0 Å². The molecule has 0 aromatic carbocycles. The zero-order valence-corrected chi connectivity index (χ0v) is 8.97. The molecule has 0 bridgehead atoms. The number of sulfonamides is 1. The van der Waals surface area contributed by atoms with Crippen molar-refractivity contribution in [1.82, 2.24) is 4.72 Å². The third-order valence-corrected chi connectivity index (χ3v) is 2.11. The maximum Gasteiger partial charge on any atom is 0.322 e. The molecule has 0 aliphatic rings. The fourth-order valence-corrected chi connectivity index (χ4v) is 1.69. The van der Waals surface area contributed by atoms with Gasteiger partial charge in [-0.2, -0.15) is 0 Å². The van der Waals surface area contributed by atoms with Crippen LogP contribution in [0.25, 0.3) is 0 Å². The van der Waals surface area contributed by atoms with Crippen LogP contribution in [0.15, 0.2) is 0 Å². The molecule has 0 radical (unpaired) electrons. The lowest BCUT2D eigenvalue weighted by Gasteiger charge is -2.26. The average molecular weight is 209 g/mol. The predicted octanol–water partition coefficient (Wildman–Crippen LogP) is 0.0349. The van der Waals surface area contributed by atoms with E-state index >= 15 is 0 Å². The van der Waals surface area contributed by atoms with Crippen LogP contribution in [0.1, 0.15) is 20.8 Å². The predicted molar refractivity (Wildman–Crippen MR) is 48.9 cm³/mol. The Morgan fingerprint density at radius 1 is 1.38 bits per heavy atom. The van der Waals surface area contributed by atoms with E-state index in [4.69, 9.17) is 5.11 Å².